The summed E-state index contributed by atoms with van der Waals surface area (Å²) in [4.78, 5) is 11.7. The maximum atomic E-state index is 13.2. The lowest BCUT2D eigenvalue weighted by Crippen LogP contribution is -2.49. The van der Waals surface area contributed by atoms with Crippen molar-refractivity contribution in [3.63, 3.8) is 0 Å². The third kappa shape index (κ3) is 3.45. The quantitative estimate of drug-likeness (QED) is 0.830. The van der Waals surface area contributed by atoms with Crippen LogP contribution in [-0.4, -0.2) is 34.1 Å². The minimum absolute atomic E-state index is 0.0434. The molecule has 8 heteroatoms. The van der Waals surface area contributed by atoms with Gasteiger partial charge in [0.25, 0.3) is 0 Å². The van der Waals surface area contributed by atoms with Crippen LogP contribution in [0.3, 0.4) is 0 Å². The lowest BCUT2D eigenvalue weighted by atomic mass is 9.80. The Labute approximate surface area is 128 Å². The Morgan fingerprint density at radius 3 is 2.59 bits per heavy atom. The van der Waals surface area contributed by atoms with Gasteiger partial charge in [0.15, 0.2) is 0 Å². The largest absolute Gasteiger partial charge is 0.381 e. The predicted octanol–water partition coefficient (Wildman–Crippen LogP) is 0.695. The molecule has 1 amide bonds. The molecule has 2 rings (SSSR count). The van der Waals surface area contributed by atoms with E-state index in [9.17, 15) is 17.6 Å². The molecular weight excluding hydrogens is 311 g/mol. The van der Waals surface area contributed by atoms with Crippen LogP contribution >= 0.6 is 0 Å². The van der Waals surface area contributed by atoms with Gasteiger partial charge in [-0.3, -0.25) is 4.79 Å². The smallest absolute Gasteiger partial charge is 0.240 e. The van der Waals surface area contributed by atoms with E-state index < -0.39 is 27.2 Å². The molecule has 0 atom stereocenters. The molecule has 22 heavy (non-hydrogen) atoms. The number of nitrogens with two attached hydrogens (primary N) is 1. The van der Waals surface area contributed by atoms with Crippen molar-refractivity contribution < 1.29 is 22.3 Å². The number of amides is 1. The first-order valence-corrected chi connectivity index (χ1v) is 8.39. The van der Waals surface area contributed by atoms with E-state index in [0.717, 1.165) is 6.07 Å². The van der Waals surface area contributed by atoms with E-state index in [4.69, 9.17) is 10.5 Å². The van der Waals surface area contributed by atoms with Crippen LogP contribution in [-0.2, 0) is 19.6 Å². The molecule has 0 bridgehead atoms. The van der Waals surface area contributed by atoms with E-state index in [0.29, 0.717) is 26.1 Å². The number of hydrogen-bond donors (Lipinski definition) is 2. The first kappa shape index (κ1) is 16.9. The molecule has 0 radical (unpaired) electrons. The highest BCUT2D eigenvalue weighted by Crippen LogP contribution is 2.30. The molecule has 122 valence electrons. The second-order valence-corrected chi connectivity index (χ2v) is 7.26. The molecule has 3 N–H and O–H groups in total. The molecular formula is C14H19FN2O4S. The Kier molecular flexibility index (Phi) is 4.84. The molecule has 1 aromatic carbocycles. The average Bonchev–Trinajstić information content (AvgIpc) is 2.49. The van der Waals surface area contributed by atoms with Crippen molar-refractivity contribution in [2.75, 3.05) is 19.8 Å². The molecule has 0 aromatic heterocycles. The van der Waals surface area contributed by atoms with E-state index >= 15 is 0 Å². The number of ether oxygens (including phenoxy) is 1. The van der Waals surface area contributed by atoms with Gasteiger partial charge in [0.2, 0.25) is 15.9 Å². The Balaban J connectivity index is 2.17. The summed E-state index contributed by atoms with van der Waals surface area (Å²) < 4.78 is 45.4. The third-order valence-corrected chi connectivity index (χ3v) is 5.41. The van der Waals surface area contributed by atoms with Crippen molar-refractivity contribution in [3.8, 4) is 0 Å². The van der Waals surface area contributed by atoms with Crippen molar-refractivity contribution in [2.45, 2.75) is 24.7 Å². The molecule has 1 heterocycles. The maximum Gasteiger partial charge on any atom is 0.240 e. The fourth-order valence-corrected chi connectivity index (χ4v) is 3.59. The van der Waals surface area contributed by atoms with Crippen LogP contribution in [0.25, 0.3) is 0 Å². The van der Waals surface area contributed by atoms with Crippen molar-refractivity contribution in [3.05, 3.63) is 29.6 Å². The van der Waals surface area contributed by atoms with Crippen molar-refractivity contribution in [2.24, 2.45) is 11.1 Å². The van der Waals surface area contributed by atoms with Gasteiger partial charge in [-0.2, -0.15) is 0 Å². The zero-order valence-electron chi connectivity index (χ0n) is 12.3. The van der Waals surface area contributed by atoms with Crippen molar-refractivity contribution in [1.82, 2.24) is 4.72 Å². The number of rotatable bonds is 5. The number of benzene rings is 1. The van der Waals surface area contributed by atoms with Gasteiger partial charge in [-0.15, -0.1) is 0 Å². The summed E-state index contributed by atoms with van der Waals surface area (Å²) in [6.45, 7) is 2.11. The number of hydrogen-bond acceptors (Lipinski definition) is 4. The van der Waals surface area contributed by atoms with Gasteiger partial charge in [-0.1, -0.05) is 0 Å². The second-order valence-electron chi connectivity index (χ2n) is 5.49. The maximum absolute atomic E-state index is 13.2. The lowest BCUT2D eigenvalue weighted by Gasteiger charge is -2.34. The van der Waals surface area contributed by atoms with Gasteiger partial charge < -0.3 is 10.5 Å². The third-order valence-electron chi connectivity index (χ3n) is 4.01. The Hall–Kier alpha value is -1.51. The first-order valence-electron chi connectivity index (χ1n) is 6.90. The minimum Gasteiger partial charge on any atom is -0.381 e. The van der Waals surface area contributed by atoms with Crippen LogP contribution in [0.1, 0.15) is 18.4 Å². The number of sulfonamides is 1. The Bertz CT molecular complexity index is 669. The number of primary amides is 1. The first-order chi connectivity index (χ1) is 10.3. The number of nitrogens with one attached hydrogen (secondary N) is 1. The summed E-state index contributed by atoms with van der Waals surface area (Å²) in [7, 11) is -3.84. The minimum atomic E-state index is -3.84. The molecule has 1 aliphatic rings. The predicted molar refractivity (Wildman–Crippen MR) is 78.0 cm³/mol. The van der Waals surface area contributed by atoms with Gasteiger partial charge in [-0.05, 0) is 43.5 Å². The summed E-state index contributed by atoms with van der Waals surface area (Å²) in [6.07, 6.45) is 0.737. The summed E-state index contributed by atoms with van der Waals surface area (Å²) in [6, 6.07) is 3.53. The van der Waals surface area contributed by atoms with E-state index in [1.54, 1.807) is 0 Å². The van der Waals surface area contributed by atoms with Gasteiger partial charge in [0.1, 0.15) is 5.82 Å². The number of carbonyl (C=O) groups is 1. The molecule has 1 aliphatic heterocycles. The van der Waals surface area contributed by atoms with E-state index in [1.165, 1.54) is 19.1 Å². The molecule has 0 aliphatic carbocycles. The van der Waals surface area contributed by atoms with Crippen LogP contribution in [0.4, 0.5) is 4.39 Å². The summed E-state index contributed by atoms with van der Waals surface area (Å²) in [5.74, 6) is -1.02. The van der Waals surface area contributed by atoms with Gasteiger partial charge >= 0.3 is 0 Å². The van der Waals surface area contributed by atoms with Crippen LogP contribution < -0.4 is 10.5 Å². The number of carbonyl (C=O) groups excluding carboxylic acids is 1. The summed E-state index contributed by atoms with van der Waals surface area (Å²) >= 11 is 0. The number of halogens is 1. The average molecular weight is 330 g/mol. The van der Waals surface area contributed by atoms with Crippen LogP contribution in [0, 0.1) is 18.2 Å². The molecule has 0 unspecified atom stereocenters. The summed E-state index contributed by atoms with van der Waals surface area (Å²) in [5.41, 5.74) is 4.73. The van der Waals surface area contributed by atoms with Gasteiger partial charge in [0, 0.05) is 19.8 Å². The fourth-order valence-electron chi connectivity index (χ4n) is 2.37. The Morgan fingerprint density at radius 1 is 1.41 bits per heavy atom. The van der Waals surface area contributed by atoms with E-state index in [2.05, 4.69) is 4.72 Å². The standard InChI is InChI=1S/C14H19FN2O4S/c1-10-8-11(2-3-12(10)15)22(19,20)17-9-14(13(16)18)4-6-21-7-5-14/h2-3,8,17H,4-7,9H2,1H3,(H2,16,18). The zero-order valence-corrected chi connectivity index (χ0v) is 13.1. The van der Waals surface area contributed by atoms with E-state index in [-0.39, 0.29) is 17.0 Å². The molecule has 1 aromatic rings. The van der Waals surface area contributed by atoms with Gasteiger partial charge in [0.05, 0.1) is 10.3 Å². The highest BCUT2D eigenvalue weighted by molar-refractivity contribution is 7.89. The number of aryl methyl sites for hydroxylation is 1. The van der Waals surface area contributed by atoms with E-state index in [1.807, 2.05) is 0 Å². The van der Waals surface area contributed by atoms with Gasteiger partial charge in [-0.25, -0.2) is 17.5 Å². The Morgan fingerprint density at radius 2 is 2.05 bits per heavy atom. The van der Waals surface area contributed by atoms with Crippen LogP contribution in [0.2, 0.25) is 0 Å². The van der Waals surface area contributed by atoms with Crippen LogP contribution in [0.15, 0.2) is 23.1 Å². The molecule has 1 saturated heterocycles. The normalized spacial score (nSPS) is 18.1. The lowest BCUT2D eigenvalue weighted by molar-refractivity contribution is -0.132. The highest BCUT2D eigenvalue weighted by atomic mass is 32.2. The highest BCUT2D eigenvalue weighted by Gasteiger charge is 2.39. The monoisotopic (exact) mass is 330 g/mol. The molecule has 0 saturated carbocycles. The zero-order chi connectivity index (χ0) is 16.4. The molecule has 0 spiro atoms. The second kappa shape index (κ2) is 6.31. The molecule has 6 nitrogen and oxygen atoms in total. The fraction of sp³-hybridized carbons (Fsp3) is 0.500. The van der Waals surface area contributed by atoms with Crippen LogP contribution in [0.5, 0.6) is 0 Å². The summed E-state index contributed by atoms with van der Waals surface area (Å²) in [5, 5.41) is 0. The molecule has 1 fully saturated rings. The van der Waals surface area contributed by atoms with Crippen molar-refractivity contribution >= 4 is 15.9 Å². The SMILES string of the molecule is Cc1cc(S(=O)(=O)NCC2(C(N)=O)CCOCC2)ccc1F. The van der Waals surface area contributed by atoms with Crippen molar-refractivity contribution in [1.29, 1.82) is 0 Å². The topological polar surface area (TPSA) is 98.5 Å².